The molecule has 276 valence electrons. The summed E-state index contributed by atoms with van der Waals surface area (Å²) in [4.78, 5) is 15.2. The highest BCUT2D eigenvalue weighted by atomic mass is 15.1. The summed E-state index contributed by atoms with van der Waals surface area (Å²) in [5.41, 5.74) is 16.5. The number of benzene rings is 7. The van der Waals surface area contributed by atoms with Gasteiger partial charge in [0.05, 0.1) is 44.5 Å². The van der Waals surface area contributed by atoms with Crippen molar-refractivity contribution in [1.82, 2.24) is 28.7 Å². The third-order valence-electron chi connectivity index (χ3n) is 11.2. The molecule has 0 radical (unpaired) electrons. The largest absolute Gasteiger partial charge is 0.296 e. The molecule has 0 saturated heterocycles. The van der Waals surface area contributed by atoms with E-state index in [-0.39, 0.29) is 0 Å². The Kier molecular flexibility index (Phi) is 8.59. The topological polar surface area (TPSA) is 53.5 Å². The first kappa shape index (κ1) is 34.4. The summed E-state index contributed by atoms with van der Waals surface area (Å²) in [5, 5.41) is 0. The van der Waals surface area contributed by atoms with Crippen molar-refractivity contribution in [2.75, 3.05) is 0 Å². The summed E-state index contributed by atoms with van der Waals surface area (Å²) < 4.78 is 6.99. The smallest absolute Gasteiger partial charge is 0.114 e. The molecule has 0 fully saturated rings. The highest BCUT2D eigenvalue weighted by Gasteiger charge is 2.23. The van der Waals surface area contributed by atoms with Crippen molar-refractivity contribution in [2.24, 2.45) is 0 Å². The van der Waals surface area contributed by atoms with E-state index < -0.39 is 0 Å². The summed E-state index contributed by atoms with van der Waals surface area (Å²) in [7, 11) is 0. The van der Waals surface area contributed by atoms with Crippen LogP contribution in [0.1, 0.15) is 38.2 Å². The van der Waals surface area contributed by atoms with Crippen molar-refractivity contribution in [2.45, 2.75) is 40.0 Å². The highest BCUT2D eigenvalue weighted by molar-refractivity contribution is 5.99. The molecule has 0 amide bonds. The van der Waals surface area contributed by atoms with E-state index in [0.29, 0.717) is 0 Å². The van der Waals surface area contributed by atoms with Crippen LogP contribution in [0.4, 0.5) is 0 Å². The lowest BCUT2D eigenvalue weighted by molar-refractivity contribution is 0.908. The van der Waals surface area contributed by atoms with Gasteiger partial charge < -0.3 is 0 Å². The van der Waals surface area contributed by atoms with E-state index in [1.165, 1.54) is 5.56 Å². The Morgan fingerprint density at radius 3 is 1.18 bits per heavy atom. The number of para-hydroxylation sites is 8. The fourth-order valence-electron chi connectivity index (χ4n) is 8.65. The average Bonchev–Trinajstić information content (AvgIpc) is 3.97. The Morgan fingerprint density at radius 2 is 0.719 bits per heavy atom. The van der Waals surface area contributed by atoms with Gasteiger partial charge in [-0.05, 0) is 82.9 Å². The molecule has 10 rings (SSSR count). The quantitative estimate of drug-likeness (QED) is 0.148. The van der Waals surface area contributed by atoms with Gasteiger partial charge in [-0.25, -0.2) is 15.0 Å². The molecule has 0 bridgehead atoms. The Bertz CT molecular complexity index is 2940. The summed E-state index contributed by atoms with van der Waals surface area (Å²) in [6, 6.07) is 58.7. The molecule has 3 aromatic heterocycles. The Morgan fingerprint density at radius 1 is 0.351 bits per heavy atom. The molecule has 0 aliphatic carbocycles. The van der Waals surface area contributed by atoms with E-state index in [0.717, 1.165) is 115 Å². The molecule has 0 atom stereocenters. The number of aryl methyl sites for hydroxylation is 3. The molecule has 3 heterocycles. The summed E-state index contributed by atoms with van der Waals surface area (Å²) >= 11 is 0. The van der Waals surface area contributed by atoms with E-state index in [1.54, 1.807) is 0 Å². The van der Waals surface area contributed by atoms with Gasteiger partial charge in [0.25, 0.3) is 0 Å². The molecule has 0 aliphatic rings. The lowest BCUT2D eigenvalue weighted by atomic mass is 9.86. The Hall–Kier alpha value is -7.05. The van der Waals surface area contributed by atoms with Crippen LogP contribution in [0.15, 0.2) is 164 Å². The zero-order valence-electron chi connectivity index (χ0n) is 32.4. The predicted molar refractivity (Wildman–Crippen MR) is 235 cm³/mol. The monoisotopic (exact) mass is 738 g/mol. The SMILES string of the molecule is CCc1nc2ccccc2n1-c1ccc(-c2c(-c3ccccc3-n3c(CC)nc4ccccc43)cccc2-c2ccccc2-n2c(CC)nc3ccccc32)cc1. The molecule has 57 heavy (non-hydrogen) atoms. The standard InChI is InChI=1S/C51H42N6/c1-4-48-52-40-22-9-14-27-45(40)55(48)35-32-30-34(31-33-35)51-38(36-18-7-12-25-43(36)56-46-28-15-10-23-41(46)53-49(56)5-2)20-17-21-39(51)37-19-8-13-26-44(37)57-47-29-16-11-24-42(47)54-50(57)6-3/h7-33H,4-6H2,1-3H3. The van der Waals surface area contributed by atoms with Gasteiger partial charge >= 0.3 is 0 Å². The van der Waals surface area contributed by atoms with E-state index in [9.17, 15) is 0 Å². The molecule has 7 aromatic carbocycles. The van der Waals surface area contributed by atoms with Crippen LogP contribution in [0.3, 0.4) is 0 Å². The van der Waals surface area contributed by atoms with E-state index in [2.05, 4.69) is 198 Å². The zero-order valence-corrected chi connectivity index (χ0v) is 32.4. The van der Waals surface area contributed by atoms with Gasteiger partial charge in [0.1, 0.15) is 17.5 Å². The van der Waals surface area contributed by atoms with Gasteiger partial charge in [-0.15, -0.1) is 0 Å². The van der Waals surface area contributed by atoms with Gasteiger partial charge in [0.2, 0.25) is 0 Å². The molecule has 6 heteroatoms. The minimum absolute atomic E-state index is 0.812. The summed E-state index contributed by atoms with van der Waals surface area (Å²) in [6.07, 6.45) is 2.46. The number of hydrogen-bond donors (Lipinski definition) is 0. The second-order valence-corrected chi connectivity index (χ2v) is 14.4. The van der Waals surface area contributed by atoms with Crippen molar-refractivity contribution in [3.05, 3.63) is 181 Å². The minimum atomic E-state index is 0.812. The van der Waals surface area contributed by atoms with Crippen molar-refractivity contribution in [1.29, 1.82) is 0 Å². The molecule has 10 aromatic rings. The van der Waals surface area contributed by atoms with Gasteiger partial charge in [0.15, 0.2) is 0 Å². The van der Waals surface area contributed by atoms with Crippen molar-refractivity contribution in [3.8, 4) is 50.4 Å². The first-order chi connectivity index (χ1) is 28.2. The first-order valence-electron chi connectivity index (χ1n) is 20.0. The second-order valence-electron chi connectivity index (χ2n) is 14.4. The van der Waals surface area contributed by atoms with Crippen LogP contribution in [0, 0.1) is 0 Å². The van der Waals surface area contributed by atoms with Gasteiger partial charge in [-0.2, -0.15) is 0 Å². The van der Waals surface area contributed by atoms with Crippen LogP contribution in [0.25, 0.3) is 83.5 Å². The molecule has 0 spiro atoms. The van der Waals surface area contributed by atoms with Gasteiger partial charge in [0, 0.05) is 36.1 Å². The van der Waals surface area contributed by atoms with Crippen molar-refractivity contribution >= 4 is 33.1 Å². The maximum Gasteiger partial charge on any atom is 0.114 e. The average molecular weight is 739 g/mol. The van der Waals surface area contributed by atoms with Crippen LogP contribution in [-0.2, 0) is 19.3 Å². The van der Waals surface area contributed by atoms with E-state index in [4.69, 9.17) is 15.0 Å². The van der Waals surface area contributed by atoms with Crippen molar-refractivity contribution < 1.29 is 0 Å². The van der Waals surface area contributed by atoms with Gasteiger partial charge in [-0.3, -0.25) is 13.7 Å². The van der Waals surface area contributed by atoms with Crippen LogP contribution >= 0.6 is 0 Å². The molecule has 0 unspecified atom stereocenters. The third-order valence-corrected chi connectivity index (χ3v) is 11.2. The zero-order chi connectivity index (χ0) is 38.5. The van der Waals surface area contributed by atoms with E-state index in [1.807, 2.05) is 0 Å². The number of fused-ring (bicyclic) bond motifs is 3. The number of aromatic nitrogens is 6. The lowest BCUT2D eigenvalue weighted by Gasteiger charge is -2.22. The third kappa shape index (κ3) is 5.67. The minimum Gasteiger partial charge on any atom is -0.296 e. The number of imidazole rings is 3. The number of rotatable bonds is 9. The molecular formula is C51H42N6. The van der Waals surface area contributed by atoms with Gasteiger partial charge in [-0.1, -0.05) is 124 Å². The molecule has 0 saturated carbocycles. The molecular weight excluding hydrogens is 697 g/mol. The molecule has 6 nitrogen and oxygen atoms in total. The first-order valence-corrected chi connectivity index (χ1v) is 20.0. The fraction of sp³-hybridized carbons (Fsp3) is 0.118. The summed E-state index contributed by atoms with van der Waals surface area (Å²) in [6.45, 7) is 6.54. The predicted octanol–water partition coefficient (Wildman–Crippen LogP) is 12.4. The van der Waals surface area contributed by atoms with Crippen molar-refractivity contribution in [3.63, 3.8) is 0 Å². The molecule has 0 N–H and O–H groups in total. The number of hydrogen-bond acceptors (Lipinski definition) is 3. The number of nitrogens with zero attached hydrogens (tertiary/aromatic N) is 6. The van der Waals surface area contributed by atoms with E-state index >= 15 is 0 Å². The fourth-order valence-corrected chi connectivity index (χ4v) is 8.65. The maximum atomic E-state index is 5.09. The second kappa shape index (κ2) is 14.2. The Labute approximate surface area is 332 Å². The lowest BCUT2D eigenvalue weighted by Crippen LogP contribution is -2.04. The van der Waals surface area contributed by atoms with Crippen LogP contribution < -0.4 is 0 Å². The highest BCUT2D eigenvalue weighted by Crippen LogP contribution is 2.45. The maximum absolute atomic E-state index is 5.09. The Balaban J connectivity index is 1.24. The molecule has 0 aliphatic heterocycles. The van der Waals surface area contributed by atoms with Crippen LogP contribution in [0.2, 0.25) is 0 Å². The summed E-state index contributed by atoms with van der Waals surface area (Å²) in [5.74, 6) is 3.12. The normalized spacial score (nSPS) is 11.6. The van der Waals surface area contributed by atoms with Crippen LogP contribution in [0.5, 0.6) is 0 Å². The van der Waals surface area contributed by atoms with Crippen LogP contribution in [-0.4, -0.2) is 28.7 Å².